The molecule has 0 aliphatic carbocycles. The summed E-state index contributed by atoms with van der Waals surface area (Å²) in [6, 6.07) is 0. The van der Waals surface area contributed by atoms with Crippen molar-refractivity contribution < 1.29 is 13.5 Å². The van der Waals surface area contributed by atoms with Crippen LogP contribution in [0.15, 0.2) is 4.90 Å². The molecule has 1 rings (SSSR count). The zero-order valence-corrected chi connectivity index (χ0v) is 12.3. The first-order valence-electron chi connectivity index (χ1n) is 5.83. The molecule has 0 spiro atoms. The molecule has 1 heterocycles. The predicted molar refractivity (Wildman–Crippen MR) is 68.8 cm³/mol. The summed E-state index contributed by atoms with van der Waals surface area (Å²) in [5.74, 6) is 0. The van der Waals surface area contributed by atoms with Gasteiger partial charge in [0.25, 0.3) is 0 Å². The first-order valence-corrected chi connectivity index (χ1v) is 7.31. The van der Waals surface area contributed by atoms with E-state index in [-0.39, 0.29) is 11.4 Å². The van der Waals surface area contributed by atoms with Gasteiger partial charge in [0.2, 0.25) is 10.0 Å². The second kappa shape index (κ2) is 4.99. The summed E-state index contributed by atoms with van der Waals surface area (Å²) < 4.78 is 28.3. The molecule has 0 saturated heterocycles. The molecule has 1 aromatic heterocycles. The molecule has 0 saturated carbocycles. The van der Waals surface area contributed by atoms with E-state index < -0.39 is 15.6 Å². The topological polar surface area (TPSA) is 84.2 Å². The number of hydrogen-bond acceptors (Lipinski definition) is 4. The number of hydrogen-bond donors (Lipinski definition) is 2. The Labute approximate surface area is 108 Å². The van der Waals surface area contributed by atoms with E-state index in [9.17, 15) is 13.5 Å². The van der Waals surface area contributed by atoms with Gasteiger partial charge in [0.05, 0.1) is 17.0 Å². The van der Waals surface area contributed by atoms with Crippen LogP contribution in [0.2, 0.25) is 0 Å². The summed E-state index contributed by atoms with van der Waals surface area (Å²) in [6.07, 6.45) is 0.473. The minimum absolute atomic E-state index is 0.0143. The Morgan fingerprint density at radius 2 is 2.00 bits per heavy atom. The summed E-state index contributed by atoms with van der Waals surface area (Å²) >= 11 is 0. The number of nitrogens with zero attached hydrogens (tertiary/aromatic N) is 2. The van der Waals surface area contributed by atoms with Crippen LogP contribution >= 0.6 is 0 Å². The molecular weight excluding hydrogens is 254 g/mol. The third-order valence-electron chi connectivity index (χ3n) is 3.12. The Morgan fingerprint density at radius 3 is 2.39 bits per heavy atom. The first kappa shape index (κ1) is 15.1. The van der Waals surface area contributed by atoms with Gasteiger partial charge in [-0.3, -0.25) is 4.68 Å². The fourth-order valence-corrected chi connectivity index (χ4v) is 3.19. The Morgan fingerprint density at radius 1 is 1.44 bits per heavy atom. The number of aliphatic hydroxyl groups is 1. The fraction of sp³-hybridized carbons (Fsp3) is 0.727. The van der Waals surface area contributed by atoms with Gasteiger partial charge < -0.3 is 5.11 Å². The quantitative estimate of drug-likeness (QED) is 0.818. The summed E-state index contributed by atoms with van der Waals surface area (Å²) in [5.41, 5.74) is -0.00772. The summed E-state index contributed by atoms with van der Waals surface area (Å²) in [5, 5.41) is 13.9. The van der Waals surface area contributed by atoms with Crippen molar-refractivity contribution in [2.75, 3.05) is 6.54 Å². The number of aryl methyl sites for hydroxylation is 2. The first-order chi connectivity index (χ1) is 8.10. The zero-order chi connectivity index (χ0) is 14.1. The highest BCUT2D eigenvalue weighted by atomic mass is 32.2. The van der Waals surface area contributed by atoms with Crippen LogP contribution in [0.5, 0.6) is 0 Å². The van der Waals surface area contributed by atoms with Gasteiger partial charge in [-0.15, -0.1) is 0 Å². The van der Waals surface area contributed by atoms with Gasteiger partial charge in [0, 0.05) is 13.6 Å². The zero-order valence-electron chi connectivity index (χ0n) is 11.5. The Bertz CT molecular complexity index is 532. The van der Waals surface area contributed by atoms with Gasteiger partial charge in [-0.2, -0.15) is 5.10 Å². The number of rotatable bonds is 5. The van der Waals surface area contributed by atoms with Crippen molar-refractivity contribution in [2.45, 2.75) is 44.6 Å². The SMILES string of the molecule is CCC(C)(O)CNS(=O)(=O)c1c(C)nn(C)c1C. The lowest BCUT2D eigenvalue weighted by molar-refractivity contribution is 0.0613. The summed E-state index contributed by atoms with van der Waals surface area (Å²) in [4.78, 5) is 0.192. The predicted octanol–water partition coefficient (Wildman–Crippen LogP) is 0.476. The van der Waals surface area contributed by atoms with E-state index in [4.69, 9.17) is 0 Å². The average Bonchev–Trinajstić information content (AvgIpc) is 2.51. The lowest BCUT2D eigenvalue weighted by Crippen LogP contribution is -2.40. The molecule has 1 unspecified atom stereocenters. The van der Waals surface area contributed by atoms with Gasteiger partial charge in [0.15, 0.2) is 0 Å². The summed E-state index contributed by atoms with van der Waals surface area (Å²) in [6.45, 7) is 6.74. The molecule has 0 aromatic carbocycles. The molecule has 18 heavy (non-hydrogen) atoms. The van der Waals surface area contributed by atoms with Crippen LogP contribution in [0.4, 0.5) is 0 Å². The van der Waals surface area contributed by atoms with Gasteiger partial charge in [-0.05, 0) is 27.2 Å². The lowest BCUT2D eigenvalue weighted by Gasteiger charge is -2.21. The number of nitrogens with one attached hydrogen (secondary N) is 1. The van der Waals surface area contributed by atoms with Crippen molar-refractivity contribution in [1.29, 1.82) is 0 Å². The van der Waals surface area contributed by atoms with E-state index in [0.717, 1.165) is 0 Å². The van der Waals surface area contributed by atoms with Crippen LogP contribution in [0.1, 0.15) is 31.7 Å². The highest BCUT2D eigenvalue weighted by Crippen LogP contribution is 2.19. The normalized spacial score (nSPS) is 15.7. The van der Waals surface area contributed by atoms with Crippen LogP contribution in [0.3, 0.4) is 0 Å². The van der Waals surface area contributed by atoms with E-state index >= 15 is 0 Å². The van der Waals surface area contributed by atoms with Gasteiger partial charge in [-0.1, -0.05) is 6.92 Å². The van der Waals surface area contributed by atoms with Gasteiger partial charge >= 0.3 is 0 Å². The largest absolute Gasteiger partial charge is 0.389 e. The maximum Gasteiger partial charge on any atom is 0.244 e. The van der Waals surface area contributed by atoms with Gasteiger partial charge in [0.1, 0.15) is 4.90 Å². The molecule has 6 nitrogen and oxygen atoms in total. The molecule has 104 valence electrons. The van der Waals surface area contributed by atoms with E-state index in [1.807, 2.05) is 0 Å². The monoisotopic (exact) mass is 275 g/mol. The molecule has 0 bridgehead atoms. The third kappa shape index (κ3) is 3.09. The molecule has 0 fully saturated rings. The fourth-order valence-electron chi connectivity index (χ4n) is 1.59. The molecule has 1 atom stereocenters. The molecule has 2 N–H and O–H groups in total. The Kier molecular flexibility index (Phi) is 4.19. The second-order valence-electron chi connectivity index (χ2n) is 4.80. The lowest BCUT2D eigenvalue weighted by atomic mass is 10.1. The van der Waals surface area contributed by atoms with E-state index in [2.05, 4.69) is 9.82 Å². The van der Waals surface area contributed by atoms with Crippen LogP contribution < -0.4 is 4.72 Å². The molecule has 7 heteroatoms. The maximum absolute atomic E-state index is 12.2. The van der Waals surface area contributed by atoms with Crippen molar-refractivity contribution >= 4 is 10.0 Å². The molecule has 0 amide bonds. The molecule has 0 radical (unpaired) electrons. The van der Waals surface area contributed by atoms with Crippen molar-refractivity contribution in [3.8, 4) is 0 Å². The molecule has 0 aliphatic rings. The minimum atomic E-state index is -3.64. The Balaban J connectivity index is 3.01. The van der Waals surface area contributed by atoms with E-state index in [0.29, 0.717) is 17.8 Å². The molecule has 1 aromatic rings. The molecule has 0 aliphatic heterocycles. The second-order valence-corrected chi connectivity index (χ2v) is 6.50. The van der Waals surface area contributed by atoms with Gasteiger partial charge in [-0.25, -0.2) is 13.1 Å². The van der Waals surface area contributed by atoms with Crippen LogP contribution in [0, 0.1) is 13.8 Å². The van der Waals surface area contributed by atoms with Crippen LogP contribution in [-0.2, 0) is 17.1 Å². The smallest absolute Gasteiger partial charge is 0.244 e. The van der Waals surface area contributed by atoms with Crippen molar-refractivity contribution in [2.24, 2.45) is 7.05 Å². The van der Waals surface area contributed by atoms with Crippen LogP contribution in [-0.4, -0.2) is 35.5 Å². The van der Waals surface area contributed by atoms with Crippen molar-refractivity contribution in [1.82, 2.24) is 14.5 Å². The average molecular weight is 275 g/mol. The highest BCUT2D eigenvalue weighted by molar-refractivity contribution is 7.89. The maximum atomic E-state index is 12.2. The van der Waals surface area contributed by atoms with Crippen LogP contribution in [0.25, 0.3) is 0 Å². The van der Waals surface area contributed by atoms with E-state index in [1.54, 1.807) is 34.7 Å². The highest BCUT2D eigenvalue weighted by Gasteiger charge is 2.26. The Hall–Kier alpha value is -0.920. The van der Waals surface area contributed by atoms with Crippen molar-refractivity contribution in [3.05, 3.63) is 11.4 Å². The standard InChI is InChI=1S/C11H21N3O3S/c1-6-11(4,15)7-12-18(16,17)10-8(2)13-14(5)9(10)3/h12,15H,6-7H2,1-5H3. The number of aromatic nitrogens is 2. The third-order valence-corrected chi connectivity index (χ3v) is 4.77. The van der Waals surface area contributed by atoms with Crippen molar-refractivity contribution in [3.63, 3.8) is 0 Å². The number of sulfonamides is 1. The summed E-state index contributed by atoms with van der Waals surface area (Å²) in [7, 11) is -1.94. The minimum Gasteiger partial charge on any atom is -0.389 e. The molecular formula is C11H21N3O3S. The van der Waals surface area contributed by atoms with E-state index in [1.165, 1.54) is 4.68 Å².